The SMILES string of the molecule is Nc1cc(NC(=O)c2ccc(Br)cc2F)ccc1F. The highest BCUT2D eigenvalue weighted by atomic mass is 79.9. The van der Waals surface area contributed by atoms with Gasteiger partial charge in [0.15, 0.2) is 0 Å². The van der Waals surface area contributed by atoms with Crippen molar-refractivity contribution in [2.75, 3.05) is 11.1 Å². The van der Waals surface area contributed by atoms with Crippen LogP contribution in [0.3, 0.4) is 0 Å². The van der Waals surface area contributed by atoms with Gasteiger partial charge >= 0.3 is 0 Å². The van der Waals surface area contributed by atoms with E-state index in [1.54, 1.807) is 6.07 Å². The minimum absolute atomic E-state index is 0.0888. The Balaban J connectivity index is 2.23. The zero-order valence-corrected chi connectivity index (χ0v) is 11.2. The Morgan fingerprint density at radius 3 is 2.47 bits per heavy atom. The fourth-order valence-corrected chi connectivity index (χ4v) is 1.83. The van der Waals surface area contributed by atoms with E-state index in [9.17, 15) is 13.6 Å². The van der Waals surface area contributed by atoms with E-state index >= 15 is 0 Å². The van der Waals surface area contributed by atoms with Gasteiger partial charge in [-0.2, -0.15) is 0 Å². The average molecular weight is 327 g/mol. The summed E-state index contributed by atoms with van der Waals surface area (Å²) in [4.78, 5) is 11.8. The lowest BCUT2D eigenvalue weighted by molar-refractivity contribution is 0.102. The highest BCUT2D eigenvalue weighted by Crippen LogP contribution is 2.19. The second-order valence-electron chi connectivity index (χ2n) is 3.81. The Kier molecular flexibility index (Phi) is 3.80. The minimum atomic E-state index is -0.651. The van der Waals surface area contributed by atoms with Gasteiger partial charge in [0.05, 0.1) is 11.3 Å². The summed E-state index contributed by atoms with van der Waals surface area (Å²) in [6.45, 7) is 0. The first-order chi connectivity index (χ1) is 8.97. The molecule has 2 aromatic rings. The van der Waals surface area contributed by atoms with Crippen LogP contribution in [0.15, 0.2) is 40.9 Å². The van der Waals surface area contributed by atoms with Gasteiger partial charge in [-0.15, -0.1) is 0 Å². The molecule has 6 heteroatoms. The summed E-state index contributed by atoms with van der Waals surface area (Å²) in [7, 11) is 0. The number of anilines is 2. The highest BCUT2D eigenvalue weighted by Gasteiger charge is 2.12. The van der Waals surface area contributed by atoms with E-state index in [2.05, 4.69) is 21.2 Å². The lowest BCUT2D eigenvalue weighted by Gasteiger charge is -2.07. The second-order valence-corrected chi connectivity index (χ2v) is 4.73. The lowest BCUT2D eigenvalue weighted by Crippen LogP contribution is -2.14. The van der Waals surface area contributed by atoms with Crippen LogP contribution >= 0.6 is 15.9 Å². The molecule has 0 aromatic heterocycles. The van der Waals surface area contributed by atoms with E-state index in [4.69, 9.17) is 5.73 Å². The summed E-state index contributed by atoms with van der Waals surface area (Å²) in [5.74, 6) is -1.86. The molecule has 2 rings (SSSR count). The van der Waals surface area contributed by atoms with E-state index in [1.807, 2.05) is 0 Å². The summed E-state index contributed by atoms with van der Waals surface area (Å²) in [5, 5.41) is 2.45. The van der Waals surface area contributed by atoms with Gasteiger partial charge in [-0.05, 0) is 36.4 Å². The van der Waals surface area contributed by atoms with Gasteiger partial charge < -0.3 is 11.1 Å². The average Bonchev–Trinajstić information content (AvgIpc) is 2.33. The number of carbonyl (C=O) groups is 1. The number of hydrogen-bond acceptors (Lipinski definition) is 2. The fourth-order valence-electron chi connectivity index (χ4n) is 1.49. The first kappa shape index (κ1) is 13.5. The van der Waals surface area contributed by atoms with Gasteiger partial charge in [-0.3, -0.25) is 4.79 Å². The third-order valence-electron chi connectivity index (χ3n) is 2.43. The van der Waals surface area contributed by atoms with E-state index in [-0.39, 0.29) is 11.3 Å². The summed E-state index contributed by atoms with van der Waals surface area (Å²) in [6, 6.07) is 7.83. The second kappa shape index (κ2) is 5.36. The minimum Gasteiger partial charge on any atom is -0.396 e. The number of hydrogen-bond donors (Lipinski definition) is 2. The first-order valence-electron chi connectivity index (χ1n) is 5.29. The van der Waals surface area contributed by atoms with Gasteiger partial charge in [0.25, 0.3) is 5.91 Å². The fraction of sp³-hybridized carbons (Fsp3) is 0. The van der Waals surface area contributed by atoms with E-state index in [0.717, 1.165) is 6.07 Å². The van der Waals surface area contributed by atoms with Crippen molar-refractivity contribution in [3.63, 3.8) is 0 Å². The highest BCUT2D eigenvalue weighted by molar-refractivity contribution is 9.10. The summed E-state index contributed by atoms with van der Waals surface area (Å²) in [5.41, 5.74) is 5.48. The molecular formula is C13H9BrF2N2O. The maximum absolute atomic E-state index is 13.6. The maximum atomic E-state index is 13.6. The molecule has 0 radical (unpaired) electrons. The molecule has 0 spiro atoms. The maximum Gasteiger partial charge on any atom is 0.258 e. The van der Waals surface area contributed by atoms with Gasteiger partial charge in [0, 0.05) is 10.2 Å². The number of nitrogens with two attached hydrogens (primary N) is 1. The number of benzene rings is 2. The summed E-state index contributed by atoms with van der Waals surface area (Å²) in [6.07, 6.45) is 0. The van der Waals surface area contributed by atoms with Crippen LogP contribution in [-0.4, -0.2) is 5.91 Å². The Morgan fingerprint density at radius 2 is 1.84 bits per heavy atom. The third-order valence-corrected chi connectivity index (χ3v) is 2.92. The zero-order valence-electron chi connectivity index (χ0n) is 9.58. The largest absolute Gasteiger partial charge is 0.396 e. The standard InChI is InChI=1S/C13H9BrF2N2O/c14-7-1-3-9(11(16)5-7)13(19)18-8-2-4-10(15)12(17)6-8/h1-6H,17H2,(H,18,19). The summed E-state index contributed by atoms with van der Waals surface area (Å²) < 4.78 is 27.1. The van der Waals surface area contributed by atoms with Crippen LogP contribution in [0.25, 0.3) is 0 Å². The van der Waals surface area contributed by atoms with Crippen molar-refractivity contribution in [2.24, 2.45) is 0 Å². The van der Waals surface area contributed by atoms with Crippen molar-refractivity contribution in [1.29, 1.82) is 0 Å². The van der Waals surface area contributed by atoms with Gasteiger partial charge in [-0.25, -0.2) is 8.78 Å². The Hall–Kier alpha value is -1.95. The molecule has 98 valence electrons. The molecule has 0 unspecified atom stereocenters. The van der Waals surface area contributed by atoms with Crippen LogP contribution in [-0.2, 0) is 0 Å². The molecule has 1 amide bonds. The molecule has 0 bridgehead atoms. The van der Waals surface area contributed by atoms with Crippen molar-refractivity contribution in [3.05, 3.63) is 58.1 Å². The molecule has 3 nitrogen and oxygen atoms in total. The predicted molar refractivity (Wildman–Crippen MR) is 72.9 cm³/mol. The van der Waals surface area contributed by atoms with Crippen LogP contribution in [0.1, 0.15) is 10.4 Å². The van der Waals surface area contributed by atoms with Crippen LogP contribution in [0.4, 0.5) is 20.2 Å². The third kappa shape index (κ3) is 3.08. The topological polar surface area (TPSA) is 55.1 Å². The molecule has 0 heterocycles. The number of nitrogen functional groups attached to an aromatic ring is 1. The van der Waals surface area contributed by atoms with Crippen molar-refractivity contribution in [3.8, 4) is 0 Å². The molecule has 0 saturated heterocycles. The molecular weight excluding hydrogens is 318 g/mol. The molecule has 3 N–H and O–H groups in total. The van der Waals surface area contributed by atoms with E-state index in [0.29, 0.717) is 10.2 Å². The number of carbonyl (C=O) groups excluding carboxylic acids is 1. The van der Waals surface area contributed by atoms with Crippen molar-refractivity contribution in [1.82, 2.24) is 0 Å². The van der Waals surface area contributed by atoms with Crippen molar-refractivity contribution >= 4 is 33.2 Å². The van der Waals surface area contributed by atoms with Crippen LogP contribution < -0.4 is 11.1 Å². The van der Waals surface area contributed by atoms with Crippen LogP contribution in [0.5, 0.6) is 0 Å². The molecule has 0 saturated carbocycles. The van der Waals surface area contributed by atoms with Crippen LogP contribution in [0.2, 0.25) is 0 Å². The Bertz CT molecular complexity index is 647. The quantitative estimate of drug-likeness (QED) is 0.829. The first-order valence-corrected chi connectivity index (χ1v) is 6.08. The number of rotatable bonds is 2. The Labute approximate surface area is 116 Å². The molecule has 0 atom stereocenters. The van der Waals surface area contributed by atoms with Gasteiger partial charge in [0.2, 0.25) is 0 Å². The molecule has 0 aliphatic carbocycles. The number of nitrogens with one attached hydrogen (secondary N) is 1. The van der Waals surface area contributed by atoms with Crippen molar-refractivity contribution in [2.45, 2.75) is 0 Å². The molecule has 0 fully saturated rings. The molecule has 2 aromatic carbocycles. The van der Waals surface area contributed by atoms with Gasteiger partial charge in [-0.1, -0.05) is 15.9 Å². The van der Waals surface area contributed by atoms with Crippen molar-refractivity contribution < 1.29 is 13.6 Å². The zero-order chi connectivity index (χ0) is 14.0. The van der Waals surface area contributed by atoms with E-state index in [1.165, 1.54) is 24.3 Å². The van der Waals surface area contributed by atoms with Crippen LogP contribution in [0, 0.1) is 11.6 Å². The smallest absolute Gasteiger partial charge is 0.258 e. The summed E-state index contributed by atoms with van der Waals surface area (Å²) >= 11 is 3.10. The molecule has 0 aliphatic heterocycles. The normalized spacial score (nSPS) is 10.3. The monoisotopic (exact) mass is 326 g/mol. The number of halogens is 3. The predicted octanol–water partition coefficient (Wildman–Crippen LogP) is 3.56. The number of amides is 1. The molecule has 19 heavy (non-hydrogen) atoms. The molecule has 0 aliphatic rings. The Morgan fingerprint density at radius 1 is 1.11 bits per heavy atom. The lowest BCUT2D eigenvalue weighted by atomic mass is 10.2. The van der Waals surface area contributed by atoms with E-state index < -0.39 is 17.5 Å². The van der Waals surface area contributed by atoms with Gasteiger partial charge in [0.1, 0.15) is 11.6 Å².